The maximum Gasteiger partial charge on any atom is 0.331 e. The van der Waals surface area contributed by atoms with Crippen LogP contribution in [-0.4, -0.2) is 40.2 Å². The molecule has 0 aliphatic carbocycles. The van der Waals surface area contributed by atoms with E-state index in [1.165, 1.54) is 11.0 Å². The van der Waals surface area contributed by atoms with Crippen molar-refractivity contribution in [2.45, 2.75) is 27.3 Å². The van der Waals surface area contributed by atoms with Crippen LogP contribution < -0.4 is 0 Å². The number of esters is 1. The van der Waals surface area contributed by atoms with Gasteiger partial charge in [0.15, 0.2) is 12.4 Å². The van der Waals surface area contributed by atoms with E-state index in [1.54, 1.807) is 24.5 Å². The summed E-state index contributed by atoms with van der Waals surface area (Å²) >= 11 is 1.58. The van der Waals surface area contributed by atoms with Gasteiger partial charge in [0.1, 0.15) is 5.76 Å². The highest BCUT2D eigenvalue weighted by molar-refractivity contribution is 7.07. The minimum absolute atomic E-state index is 0.252. The minimum Gasteiger partial charge on any atom is -0.452 e. The number of rotatable bonds is 7. The van der Waals surface area contributed by atoms with Gasteiger partial charge in [0.2, 0.25) is 0 Å². The quantitative estimate of drug-likeness (QED) is 0.436. The smallest absolute Gasteiger partial charge is 0.331 e. The number of thiophene rings is 1. The molecule has 29 heavy (non-hydrogen) atoms. The van der Waals surface area contributed by atoms with Crippen LogP contribution in [0.3, 0.4) is 0 Å². The second kappa shape index (κ2) is 8.91. The molecule has 0 radical (unpaired) electrons. The molecule has 0 spiro atoms. The van der Waals surface area contributed by atoms with E-state index >= 15 is 0 Å². The molecule has 0 aromatic carbocycles. The lowest BCUT2D eigenvalue weighted by atomic mass is 10.2. The summed E-state index contributed by atoms with van der Waals surface area (Å²) in [6, 6.07) is 5.75. The van der Waals surface area contributed by atoms with Crippen LogP contribution in [0.25, 0.3) is 11.9 Å². The first kappa shape index (κ1) is 20.6. The summed E-state index contributed by atoms with van der Waals surface area (Å²) in [5.41, 5.74) is 3.80. The molecular weight excluding hydrogens is 390 g/mol. The van der Waals surface area contributed by atoms with Gasteiger partial charge in [-0.25, -0.2) is 4.79 Å². The average Bonchev–Trinajstić information content (AvgIpc) is 3.40. The molecule has 8 heteroatoms. The van der Waals surface area contributed by atoms with E-state index < -0.39 is 5.97 Å². The van der Waals surface area contributed by atoms with Crippen molar-refractivity contribution in [2.75, 3.05) is 13.7 Å². The molecule has 0 unspecified atom stereocenters. The second-order valence-corrected chi connectivity index (χ2v) is 7.56. The van der Waals surface area contributed by atoms with Crippen molar-refractivity contribution >= 4 is 29.3 Å². The lowest BCUT2D eigenvalue weighted by molar-refractivity contribution is -0.147. The normalized spacial score (nSPS) is 11.2. The third-order valence-electron chi connectivity index (χ3n) is 4.48. The lowest BCUT2D eigenvalue weighted by Crippen LogP contribution is -2.30. The van der Waals surface area contributed by atoms with Gasteiger partial charge in [0.25, 0.3) is 5.91 Å². The van der Waals surface area contributed by atoms with E-state index in [-0.39, 0.29) is 12.5 Å². The van der Waals surface area contributed by atoms with Crippen LogP contribution in [0, 0.1) is 20.8 Å². The molecule has 0 bridgehead atoms. The van der Waals surface area contributed by atoms with Crippen molar-refractivity contribution in [1.29, 1.82) is 0 Å². The number of hydrogen-bond donors (Lipinski definition) is 0. The third kappa shape index (κ3) is 5.03. The summed E-state index contributed by atoms with van der Waals surface area (Å²) in [5.74, 6) is 0.600. The molecule has 0 saturated carbocycles. The Kier molecular flexibility index (Phi) is 6.33. The Balaban J connectivity index is 1.57. The molecule has 0 atom stereocenters. The second-order valence-electron chi connectivity index (χ2n) is 6.78. The molecule has 3 aromatic heterocycles. The first-order valence-electron chi connectivity index (χ1n) is 9.07. The van der Waals surface area contributed by atoms with Gasteiger partial charge >= 0.3 is 5.97 Å². The topological polar surface area (TPSA) is 77.6 Å². The number of nitrogens with zero attached hydrogens (tertiary/aromatic N) is 3. The molecule has 0 aliphatic rings. The highest BCUT2D eigenvalue weighted by Gasteiger charge is 2.14. The summed E-state index contributed by atoms with van der Waals surface area (Å²) in [6.07, 6.45) is 3.00. The van der Waals surface area contributed by atoms with Gasteiger partial charge in [-0.1, -0.05) is 5.16 Å². The summed E-state index contributed by atoms with van der Waals surface area (Å²) in [5, 5.41) is 7.98. The van der Waals surface area contributed by atoms with E-state index in [1.807, 2.05) is 54.3 Å². The number of likely N-dealkylation sites (N-methyl/N-ethyl adjacent to an activating group) is 1. The SMILES string of the molecule is Cc1cc(-n2c(C)cc(/C=C/C(=O)OCC(=O)N(C)Cc3ccsc3)c2C)no1. The van der Waals surface area contributed by atoms with E-state index in [0.29, 0.717) is 12.4 Å². The Hall–Kier alpha value is -3.13. The number of aromatic nitrogens is 2. The number of aryl methyl sites for hydroxylation is 2. The molecule has 1 amide bonds. The Morgan fingerprint density at radius 3 is 2.76 bits per heavy atom. The minimum atomic E-state index is -0.565. The highest BCUT2D eigenvalue weighted by atomic mass is 32.1. The van der Waals surface area contributed by atoms with Gasteiger partial charge in [-0.2, -0.15) is 11.3 Å². The largest absolute Gasteiger partial charge is 0.452 e. The standard InChI is InChI=1S/C21H23N3O4S/c1-14-9-18(16(3)24(14)19-10-15(2)28-22-19)5-6-21(26)27-12-20(25)23(4)11-17-7-8-29-13-17/h5-10,13H,11-12H2,1-4H3/b6-5+. The molecule has 3 heterocycles. The lowest BCUT2D eigenvalue weighted by Gasteiger charge is -2.15. The van der Waals surface area contributed by atoms with E-state index in [4.69, 9.17) is 9.26 Å². The van der Waals surface area contributed by atoms with Crippen LogP contribution in [0.1, 0.15) is 28.3 Å². The summed E-state index contributed by atoms with van der Waals surface area (Å²) in [6.45, 7) is 5.92. The van der Waals surface area contributed by atoms with Crippen LogP contribution in [0.15, 0.2) is 39.6 Å². The van der Waals surface area contributed by atoms with Crippen LogP contribution in [-0.2, 0) is 20.9 Å². The Morgan fingerprint density at radius 2 is 2.10 bits per heavy atom. The van der Waals surface area contributed by atoms with Gasteiger partial charge < -0.3 is 14.2 Å². The highest BCUT2D eigenvalue weighted by Crippen LogP contribution is 2.21. The maximum absolute atomic E-state index is 12.1. The zero-order chi connectivity index (χ0) is 21.0. The van der Waals surface area contributed by atoms with Crippen LogP contribution in [0.2, 0.25) is 0 Å². The van der Waals surface area contributed by atoms with E-state index in [2.05, 4.69) is 5.16 Å². The van der Waals surface area contributed by atoms with Gasteiger partial charge in [-0.3, -0.25) is 9.36 Å². The number of amides is 1. The Labute approximate surface area is 173 Å². The summed E-state index contributed by atoms with van der Waals surface area (Å²) < 4.78 is 12.2. The number of ether oxygens (including phenoxy) is 1. The molecule has 152 valence electrons. The first-order valence-corrected chi connectivity index (χ1v) is 10.0. The number of carbonyl (C=O) groups excluding carboxylic acids is 2. The average molecular weight is 413 g/mol. The van der Waals surface area contributed by atoms with Gasteiger partial charge in [-0.05, 0) is 60.9 Å². The van der Waals surface area contributed by atoms with Crippen LogP contribution in [0.4, 0.5) is 0 Å². The zero-order valence-corrected chi connectivity index (χ0v) is 17.7. The van der Waals surface area contributed by atoms with Crippen molar-refractivity contribution in [1.82, 2.24) is 14.6 Å². The van der Waals surface area contributed by atoms with Crippen molar-refractivity contribution in [3.05, 3.63) is 63.3 Å². The Bertz CT molecular complexity index is 1030. The van der Waals surface area contributed by atoms with Gasteiger partial charge in [-0.15, -0.1) is 0 Å². The fourth-order valence-electron chi connectivity index (χ4n) is 2.96. The molecule has 3 rings (SSSR count). The van der Waals surface area contributed by atoms with Gasteiger partial charge in [0, 0.05) is 37.1 Å². The molecule has 0 aliphatic heterocycles. The van der Waals surface area contributed by atoms with Crippen molar-refractivity contribution in [3.63, 3.8) is 0 Å². The molecule has 3 aromatic rings. The fraction of sp³-hybridized carbons (Fsp3) is 0.286. The number of hydrogen-bond acceptors (Lipinski definition) is 6. The van der Waals surface area contributed by atoms with Crippen molar-refractivity contribution < 1.29 is 18.8 Å². The van der Waals surface area contributed by atoms with E-state index in [0.717, 1.165) is 28.3 Å². The zero-order valence-electron chi connectivity index (χ0n) is 16.8. The third-order valence-corrected chi connectivity index (χ3v) is 5.21. The molecular formula is C21H23N3O4S. The Morgan fingerprint density at radius 1 is 1.31 bits per heavy atom. The number of carbonyl (C=O) groups is 2. The predicted molar refractivity (Wildman–Crippen MR) is 111 cm³/mol. The molecule has 0 fully saturated rings. The summed E-state index contributed by atoms with van der Waals surface area (Å²) in [4.78, 5) is 25.7. The van der Waals surface area contributed by atoms with E-state index in [9.17, 15) is 9.59 Å². The molecule has 7 nitrogen and oxygen atoms in total. The van der Waals surface area contributed by atoms with Crippen LogP contribution >= 0.6 is 11.3 Å². The van der Waals surface area contributed by atoms with Crippen molar-refractivity contribution in [3.8, 4) is 5.82 Å². The summed E-state index contributed by atoms with van der Waals surface area (Å²) in [7, 11) is 1.68. The molecule has 0 N–H and O–H groups in total. The fourth-order valence-corrected chi connectivity index (χ4v) is 3.62. The molecule has 0 saturated heterocycles. The first-order chi connectivity index (χ1) is 13.8. The van der Waals surface area contributed by atoms with Crippen molar-refractivity contribution in [2.24, 2.45) is 0 Å². The van der Waals surface area contributed by atoms with Crippen LogP contribution in [0.5, 0.6) is 0 Å². The monoisotopic (exact) mass is 413 g/mol. The predicted octanol–water partition coefficient (Wildman–Crippen LogP) is 3.67. The maximum atomic E-state index is 12.1. The van der Waals surface area contributed by atoms with Gasteiger partial charge in [0.05, 0.1) is 0 Å².